The van der Waals surface area contributed by atoms with Crippen LogP contribution in [0.5, 0.6) is 0 Å². The lowest BCUT2D eigenvalue weighted by Crippen LogP contribution is -2.44. The first-order valence-corrected chi connectivity index (χ1v) is 12.1. The van der Waals surface area contributed by atoms with Gasteiger partial charge in [-0.25, -0.2) is 17.5 Å². The molecule has 1 aromatic carbocycles. The van der Waals surface area contributed by atoms with Crippen LogP contribution in [0.25, 0.3) is 22.8 Å². The number of rotatable bonds is 10. The number of hydrogen-bond donors (Lipinski definition) is 2. The van der Waals surface area contributed by atoms with Crippen molar-refractivity contribution in [1.29, 1.82) is 0 Å². The molecule has 2 N–H and O–H groups in total. The van der Waals surface area contributed by atoms with Gasteiger partial charge in [0.05, 0.1) is 11.2 Å². The van der Waals surface area contributed by atoms with E-state index in [1.54, 1.807) is 37.0 Å². The number of halogens is 1. The van der Waals surface area contributed by atoms with Crippen LogP contribution in [0.15, 0.2) is 49.2 Å². The highest BCUT2D eigenvalue weighted by Gasteiger charge is 2.23. The molecule has 1 unspecified atom stereocenters. The Morgan fingerprint density at radius 2 is 2.09 bits per heavy atom. The zero-order valence-electron chi connectivity index (χ0n) is 18.9. The summed E-state index contributed by atoms with van der Waals surface area (Å²) in [6, 6.07) is 6.27. The van der Waals surface area contributed by atoms with Gasteiger partial charge in [-0.05, 0) is 50.2 Å². The van der Waals surface area contributed by atoms with E-state index in [1.807, 2.05) is 11.5 Å². The van der Waals surface area contributed by atoms with Crippen LogP contribution in [-0.4, -0.2) is 40.6 Å². The van der Waals surface area contributed by atoms with Crippen molar-refractivity contribution in [1.82, 2.24) is 24.4 Å². The summed E-state index contributed by atoms with van der Waals surface area (Å²) in [6.07, 6.45) is 7.42. The summed E-state index contributed by atoms with van der Waals surface area (Å²) in [5, 5.41) is 6.93. The summed E-state index contributed by atoms with van der Waals surface area (Å²) in [4.78, 5) is 12.4. The number of aromatic nitrogens is 3. The molecule has 176 valence electrons. The first-order chi connectivity index (χ1) is 15.7. The molecule has 10 heteroatoms. The third-order valence-electron chi connectivity index (χ3n) is 5.19. The second-order valence-electron chi connectivity index (χ2n) is 7.64. The molecule has 0 spiro atoms. The van der Waals surface area contributed by atoms with Crippen LogP contribution in [-0.2, 0) is 21.9 Å². The van der Waals surface area contributed by atoms with Gasteiger partial charge < -0.3 is 4.57 Å². The maximum absolute atomic E-state index is 13.6. The lowest BCUT2D eigenvalue weighted by atomic mass is 10.2. The molecule has 3 rings (SSSR count). The highest BCUT2D eigenvalue weighted by molar-refractivity contribution is 7.90. The Bertz CT molecular complexity index is 1310. The van der Waals surface area contributed by atoms with E-state index in [0.29, 0.717) is 23.6 Å². The molecule has 0 aliphatic carbocycles. The molecule has 0 aliphatic heterocycles. The zero-order valence-corrected chi connectivity index (χ0v) is 19.7. The molecule has 2 aromatic heterocycles. The normalized spacial score (nSPS) is 13.0. The Labute approximate surface area is 192 Å². The predicted octanol–water partition coefficient (Wildman–Crippen LogP) is 3.17. The minimum Gasteiger partial charge on any atom is -0.301 e. The molecular weight excluding hydrogens is 445 g/mol. The summed E-state index contributed by atoms with van der Waals surface area (Å²) in [6.45, 7) is 7.82. The van der Waals surface area contributed by atoms with E-state index in [4.69, 9.17) is 0 Å². The second kappa shape index (κ2) is 10.1. The number of hydrogen-bond acceptors (Lipinski definition) is 5. The average Bonchev–Trinajstić information content (AvgIpc) is 3.27. The molecule has 1 atom stereocenters. The Kier molecular flexibility index (Phi) is 7.50. The number of amides is 1. The summed E-state index contributed by atoms with van der Waals surface area (Å²) < 4.78 is 44.2. The third-order valence-corrected chi connectivity index (χ3v) is 6.70. The monoisotopic (exact) mass is 473 g/mol. The summed E-state index contributed by atoms with van der Waals surface area (Å²) >= 11 is 0. The van der Waals surface area contributed by atoms with E-state index in [2.05, 4.69) is 21.7 Å². The minimum absolute atomic E-state index is 0.332. The smallest absolute Gasteiger partial charge is 0.257 e. The number of unbranched alkanes of at least 4 members (excludes halogenated alkanes) is 1. The van der Waals surface area contributed by atoms with Crippen molar-refractivity contribution in [3.8, 4) is 5.82 Å². The second-order valence-corrected chi connectivity index (χ2v) is 9.45. The molecule has 0 saturated heterocycles. The van der Waals surface area contributed by atoms with Crippen molar-refractivity contribution < 1.29 is 17.6 Å². The maximum Gasteiger partial charge on any atom is 0.257 e. The minimum atomic E-state index is -3.99. The fraction of sp³-hybridized carbons (Fsp3) is 0.304. The highest BCUT2D eigenvalue weighted by atomic mass is 32.2. The number of aryl methyl sites for hydroxylation is 2. The van der Waals surface area contributed by atoms with Gasteiger partial charge >= 0.3 is 0 Å². The number of fused-ring (bicyclic) bond motifs is 1. The average molecular weight is 474 g/mol. The Hall–Kier alpha value is -3.24. The standard InChI is InChI=1S/C23H28FN5O3S/c1-5-7-13-25-22(6-2)33(31,32)27-21(30)11-9-19-16(3)26-28(4)23(19)29-14-12-17-15-18(24)8-10-20(17)29/h6,8-12,14-15,22,25H,2,5,7,13H2,1,3-4H3,(H,27,30)/b11-9+. The molecule has 0 radical (unpaired) electrons. The van der Waals surface area contributed by atoms with Crippen LogP contribution in [0.1, 0.15) is 31.0 Å². The number of nitrogens with zero attached hydrogens (tertiary/aromatic N) is 3. The molecule has 2 heterocycles. The van der Waals surface area contributed by atoms with E-state index in [1.165, 1.54) is 24.3 Å². The van der Waals surface area contributed by atoms with Gasteiger partial charge in [-0.1, -0.05) is 19.4 Å². The van der Waals surface area contributed by atoms with Crippen molar-refractivity contribution in [3.05, 3.63) is 66.3 Å². The van der Waals surface area contributed by atoms with Crippen molar-refractivity contribution in [2.24, 2.45) is 7.05 Å². The van der Waals surface area contributed by atoms with Crippen LogP contribution in [0, 0.1) is 12.7 Å². The Morgan fingerprint density at radius 1 is 1.33 bits per heavy atom. The first kappa shape index (κ1) is 24.4. The Balaban J connectivity index is 1.86. The van der Waals surface area contributed by atoms with Gasteiger partial charge in [0, 0.05) is 30.3 Å². The number of benzene rings is 1. The quantitative estimate of drug-likeness (QED) is 0.268. The summed E-state index contributed by atoms with van der Waals surface area (Å²) in [5.74, 6) is -0.458. The van der Waals surface area contributed by atoms with E-state index in [-0.39, 0.29) is 5.82 Å². The molecular formula is C23H28FN5O3S. The lowest BCUT2D eigenvalue weighted by Gasteiger charge is -2.15. The van der Waals surface area contributed by atoms with Gasteiger partial charge in [0.25, 0.3) is 15.9 Å². The van der Waals surface area contributed by atoms with E-state index in [9.17, 15) is 17.6 Å². The molecule has 0 saturated carbocycles. The highest BCUT2D eigenvalue weighted by Crippen LogP contribution is 2.26. The molecule has 0 fully saturated rings. The molecule has 0 aliphatic rings. The van der Waals surface area contributed by atoms with Crippen molar-refractivity contribution in [2.75, 3.05) is 6.54 Å². The SMILES string of the molecule is C=CC(NCCCC)S(=O)(=O)NC(=O)/C=C/c1c(C)nn(C)c1-n1ccc2cc(F)ccc21. The van der Waals surface area contributed by atoms with Crippen LogP contribution in [0.4, 0.5) is 4.39 Å². The number of carbonyl (C=O) groups excluding carboxylic acids is 1. The summed E-state index contributed by atoms with van der Waals surface area (Å²) in [7, 11) is -2.23. The van der Waals surface area contributed by atoms with Gasteiger partial charge in [0.2, 0.25) is 0 Å². The summed E-state index contributed by atoms with van der Waals surface area (Å²) in [5.41, 5.74) is 2.05. The number of sulfonamides is 1. The van der Waals surface area contributed by atoms with E-state index in [0.717, 1.165) is 29.8 Å². The molecule has 3 aromatic rings. The van der Waals surface area contributed by atoms with Crippen molar-refractivity contribution >= 4 is 32.9 Å². The first-order valence-electron chi connectivity index (χ1n) is 10.6. The zero-order chi connectivity index (χ0) is 24.2. The molecule has 8 nitrogen and oxygen atoms in total. The van der Waals surface area contributed by atoms with Gasteiger partial charge in [-0.15, -0.1) is 6.58 Å². The van der Waals surface area contributed by atoms with Crippen LogP contribution in [0.2, 0.25) is 0 Å². The van der Waals surface area contributed by atoms with Gasteiger partial charge in [0.1, 0.15) is 17.0 Å². The van der Waals surface area contributed by atoms with Crippen molar-refractivity contribution in [2.45, 2.75) is 32.1 Å². The van der Waals surface area contributed by atoms with Crippen LogP contribution >= 0.6 is 0 Å². The number of carbonyl (C=O) groups is 1. The van der Waals surface area contributed by atoms with Gasteiger partial charge in [-0.3, -0.25) is 14.8 Å². The topological polar surface area (TPSA) is 98.0 Å². The predicted molar refractivity (Wildman–Crippen MR) is 128 cm³/mol. The van der Waals surface area contributed by atoms with Gasteiger partial charge in [-0.2, -0.15) is 5.10 Å². The number of nitrogens with one attached hydrogen (secondary N) is 2. The Morgan fingerprint density at radius 3 is 2.79 bits per heavy atom. The van der Waals surface area contributed by atoms with Crippen LogP contribution in [0.3, 0.4) is 0 Å². The maximum atomic E-state index is 13.6. The van der Waals surface area contributed by atoms with E-state index >= 15 is 0 Å². The fourth-order valence-corrected chi connectivity index (χ4v) is 4.64. The van der Waals surface area contributed by atoms with Crippen molar-refractivity contribution in [3.63, 3.8) is 0 Å². The van der Waals surface area contributed by atoms with E-state index < -0.39 is 21.3 Å². The van der Waals surface area contributed by atoms with Crippen LogP contribution < -0.4 is 10.0 Å². The molecule has 1 amide bonds. The largest absolute Gasteiger partial charge is 0.301 e. The molecule has 0 bridgehead atoms. The molecule has 33 heavy (non-hydrogen) atoms. The third kappa shape index (κ3) is 5.40. The lowest BCUT2D eigenvalue weighted by molar-refractivity contribution is -0.114. The van der Waals surface area contributed by atoms with Gasteiger partial charge in [0.15, 0.2) is 0 Å². The fourth-order valence-electron chi connectivity index (χ4n) is 3.58.